The minimum absolute atomic E-state index is 0.532. The summed E-state index contributed by atoms with van der Waals surface area (Å²) < 4.78 is 5.47. The molecule has 0 aliphatic heterocycles. The first-order valence-corrected chi connectivity index (χ1v) is 6.80. The Bertz CT molecular complexity index is 816. The van der Waals surface area contributed by atoms with Crippen LogP contribution in [0.1, 0.15) is 0 Å². The first-order valence-electron chi connectivity index (χ1n) is 6.80. The van der Waals surface area contributed by atoms with Gasteiger partial charge in [-0.05, 0) is 11.6 Å². The number of oxazole rings is 1. The zero-order valence-corrected chi connectivity index (χ0v) is 11.5. The van der Waals surface area contributed by atoms with Gasteiger partial charge in [0.1, 0.15) is 12.0 Å². The van der Waals surface area contributed by atoms with Gasteiger partial charge in [0, 0.05) is 11.1 Å². The van der Waals surface area contributed by atoms with Gasteiger partial charge in [-0.2, -0.15) is 0 Å². The summed E-state index contributed by atoms with van der Waals surface area (Å²) in [6.07, 6.45) is 4.95. The number of aromatic nitrogens is 4. The molecule has 105 valence electrons. The van der Waals surface area contributed by atoms with Crippen LogP contribution in [0.4, 0.5) is 0 Å². The zero-order chi connectivity index (χ0) is 14.8. The van der Waals surface area contributed by atoms with Crippen LogP contribution in [0.2, 0.25) is 0 Å². The maximum absolute atomic E-state index is 5.47. The number of rotatable bonds is 3. The van der Waals surface area contributed by atoms with E-state index in [0.29, 0.717) is 5.89 Å². The quantitative estimate of drug-likeness (QED) is 0.625. The fraction of sp³-hybridized carbons (Fsp3) is 0. The molecule has 0 fully saturated rings. The summed E-state index contributed by atoms with van der Waals surface area (Å²) in [6.45, 7) is 0. The third kappa shape index (κ3) is 2.09. The fourth-order valence-corrected chi connectivity index (χ4v) is 2.47. The second-order valence-electron chi connectivity index (χ2n) is 4.70. The lowest BCUT2D eigenvalue weighted by Gasteiger charge is -2.11. The van der Waals surface area contributed by atoms with Gasteiger partial charge in [-0.25, -0.2) is 4.98 Å². The summed E-state index contributed by atoms with van der Waals surface area (Å²) in [5.41, 5.74) is 4.54. The van der Waals surface area contributed by atoms with E-state index < -0.39 is 0 Å². The van der Waals surface area contributed by atoms with Gasteiger partial charge in [0.2, 0.25) is 5.89 Å². The van der Waals surface area contributed by atoms with E-state index >= 15 is 0 Å². The molecule has 0 aliphatic rings. The van der Waals surface area contributed by atoms with Gasteiger partial charge in [-0.3, -0.25) is 5.10 Å². The second-order valence-corrected chi connectivity index (χ2v) is 4.70. The van der Waals surface area contributed by atoms with Gasteiger partial charge >= 0.3 is 0 Å². The molecule has 0 unspecified atom stereocenters. The van der Waals surface area contributed by atoms with Crippen molar-refractivity contribution in [3.05, 3.63) is 67.2 Å². The highest BCUT2D eigenvalue weighted by atomic mass is 16.3. The van der Waals surface area contributed by atoms with E-state index in [1.165, 1.54) is 0 Å². The number of H-pyrrole nitrogens is 1. The number of aromatic amines is 1. The SMILES string of the molecule is [c]1ccc(-c2c[nH]nn2)c(-c2ccccc2)c1-c1ncco1. The predicted molar refractivity (Wildman–Crippen MR) is 81.6 cm³/mol. The van der Waals surface area contributed by atoms with Crippen LogP contribution in [0.5, 0.6) is 0 Å². The molecule has 0 saturated carbocycles. The Hall–Kier alpha value is -3.21. The second kappa shape index (κ2) is 5.29. The van der Waals surface area contributed by atoms with E-state index in [0.717, 1.165) is 27.9 Å². The highest BCUT2D eigenvalue weighted by Crippen LogP contribution is 2.38. The lowest BCUT2D eigenvalue weighted by molar-refractivity contribution is 0.574. The lowest BCUT2D eigenvalue weighted by atomic mass is 9.93. The van der Waals surface area contributed by atoms with E-state index in [-0.39, 0.29) is 0 Å². The monoisotopic (exact) mass is 287 g/mol. The smallest absolute Gasteiger partial charge is 0.227 e. The third-order valence-electron chi connectivity index (χ3n) is 3.40. The molecule has 0 spiro atoms. The third-order valence-corrected chi connectivity index (χ3v) is 3.40. The Morgan fingerprint density at radius 2 is 2.00 bits per heavy atom. The van der Waals surface area contributed by atoms with Crippen LogP contribution in [-0.4, -0.2) is 20.4 Å². The van der Waals surface area contributed by atoms with Crippen molar-refractivity contribution >= 4 is 0 Å². The first kappa shape index (κ1) is 12.5. The number of nitrogens with zero attached hydrogens (tertiary/aromatic N) is 3. The molecule has 2 heterocycles. The molecule has 5 heteroatoms. The Morgan fingerprint density at radius 1 is 1.09 bits per heavy atom. The summed E-state index contributed by atoms with van der Waals surface area (Å²) in [6, 6.07) is 17.1. The van der Waals surface area contributed by atoms with Gasteiger partial charge < -0.3 is 4.42 Å². The van der Waals surface area contributed by atoms with Crippen molar-refractivity contribution in [2.75, 3.05) is 0 Å². The van der Waals surface area contributed by atoms with Crippen molar-refractivity contribution < 1.29 is 4.42 Å². The van der Waals surface area contributed by atoms with Crippen LogP contribution in [0.3, 0.4) is 0 Å². The molecule has 5 nitrogen and oxygen atoms in total. The van der Waals surface area contributed by atoms with E-state index in [4.69, 9.17) is 4.42 Å². The molecule has 4 aromatic rings. The van der Waals surface area contributed by atoms with E-state index in [1.807, 2.05) is 42.5 Å². The molecule has 0 bridgehead atoms. The molecular weight excluding hydrogens is 276 g/mol. The van der Waals surface area contributed by atoms with Gasteiger partial charge in [-0.15, -0.1) is 5.10 Å². The Labute approximate surface area is 126 Å². The Morgan fingerprint density at radius 3 is 2.73 bits per heavy atom. The minimum atomic E-state index is 0.532. The maximum atomic E-state index is 5.47. The van der Waals surface area contributed by atoms with Crippen LogP contribution in [-0.2, 0) is 0 Å². The fourth-order valence-electron chi connectivity index (χ4n) is 2.47. The van der Waals surface area contributed by atoms with Crippen molar-refractivity contribution in [1.29, 1.82) is 0 Å². The molecular formula is C17H11N4O. The van der Waals surface area contributed by atoms with Crippen molar-refractivity contribution in [2.45, 2.75) is 0 Å². The number of hydrogen-bond donors (Lipinski definition) is 1. The normalized spacial score (nSPS) is 10.7. The van der Waals surface area contributed by atoms with Crippen LogP contribution in [0.25, 0.3) is 33.8 Å². The molecule has 2 aromatic heterocycles. The average Bonchev–Trinajstić information content (AvgIpc) is 3.28. The van der Waals surface area contributed by atoms with Crippen LogP contribution in [0, 0.1) is 6.07 Å². The maximum Gasteiger partial charge on any atom is 0.227 e. The van der Waals surface area contributed by atoms with E-state index in [2.05, 4.69) is 26.5 Å². The van der Waals surface area contributed by atoms with Crippen LogP contribution in [0.15, 0.2) is 65.5 Å². The molecule has 22 heavy (non-hydrogen) atoms. The minimum Gasteiger partial charge on any atom is -0.444 e. The van der Waals surface area contributed by atoms with Crippen molar-refractivity contribution in [3.63, 3.8) is 0 Å². The Kier molecular flexibility index (Phi) is 3.01. The van der Waals surface area contributed by atoms with E-state index in [1.54, 1.807) is 18.7 Å². The number of nitrogens with one attached hydrogen (secondary N) is 1. The van der Waals surface area contributed by atoms with Gasteiger partial charge in [-0.1, -0.05) is 47.7 Å². The summed E-state index contributed by atoms with van der Waals surface area (Å²) in [7, 11) is 0. The highest BCUT2D eigenvalue weighted by molar-refractivity contribution is 5.91. The number of hydrogen-bond acceptors (Lipinski definition) is 4. The largest absolute Gasteiger partial charge is 0.444 e. The van der Waals surface area contributed by atoms with Gasteiger partial charge in [0.05, 0.1) is 18.0 Å². The molecule has 1 N–H and O–H groups in total. The average molecular weight is 287 g/mol. The molecule has 0 atom stereocenters. The van der Waals surface area contributed by atoms with Gasteiger partial charge in [0.15, 0.2) is 0 Å². The molecule has 0 amide bonds. The molecule has 4 rings (SSSR count). The summed E-state index contributed by atoms with van der Waals surface area (Å²) in [5.74, 6) is 0.532. The summed E-state index contributed by atoms with van der Waals surface area (Å²) in [4.78, 5) is 4.25. The van der Waals surface area contributed by atoms with Crippen molar-refractivity contribution in [2.24, 2.45) is 0 Å². The van der Waals surface area contributed by atoms with Crippen LogP contribution < -0.4 is 0 Å². The van der Waals surface area contributed by atoms with Crippen molar-refractivity contribution in [3.8, 4) is 33.8 Å². The lowest BCUT2D eigenvalue weighted by Crippen LogP contribution is -1.91. The molecule has 2 aromatic carbocycles. The highest BCUT2D eigenvalue weighted by Gasteiger charge is 2.17. The molecule has 0 saturated heterocycles. The standard InChI is InChI=1S/C17H11N4O/c1-2-5-12(6-3-1)16-13(15-11-19-21-20-15)7-4-8-14(16)17-18-9-10-22-17/h1-7,9-11H,(H,19,20,21). The van der Waals surface area contributed by atoms with Crippen molar-refractivity contribution in [1.82, 2.24) is 20.4 Å². The van der Waals surface area contributed by atoms with E-state index in [9.17, 15) is 0 Å². The Balaban J connectivity index is 2.03. The summed E-state index contributed by atoms with van der Waals surface area (Å²) >= 11 is 0. The van der Waals surface area contributed by atoms with Crippen LogP contribution >= 0.6 is 0 Å². The number of benzene rings is 2. The molecule has 1 radical (unpaired) electrons. The zero-order valence-electron chi connectivity index (χ0n) is 11.5. The molecule has 0 aliphatic carbocycles. The summed E-state index contributed by atoms with van der Waals surface area (Å²) in [5, 5.41) is 10.7. The first-order chi connectivity index (χ1) is 10.9. The topological polar surface area (TPSA) is 67.6 Å². The predicted octanol–water partition coefficient (Wildman–Crippen LogP) is 3.59. The van der Waals surface area contributed by atoms with Gasteiger partial charge in [0.25, 0.3) is 0 Å².